The summed E-state index contributed by atoms with van der Waals surface area (Å²) in [5, 5.41) is 0. The van der Waals surface area contributed by atoms with Gasteiger partial charge >= 0.3 is 5.97 Å². The molecule has 3 aromatic carbocycles. The highest BCUT2D eigenvalue weighted by molar-refractivity contribution is 5.89. The number of methoxy groups -OCH3 is 3. The summed E-state index contributed by atoms with van der Waals surface area (Å²) in [5.74, 6) is 0.889. The van der Waals surface area contributed by atoms with E-state index in [0.717, 1.165) is 16.7 Å². The third kappa shape index (κ3) is 5.43. The van der Waals surface area contributed by atoms with Crippen molar-refractivity contribution < 1.29 is 32.9 Å². The molecule has 0 spiro atoms. The van der Waals surface area contributed by atoms with Crippen LogP contribution in [0.1, 0.15) is 33.1 Å². The summed E-state index contributed by atoms with van der Waals surface area (Å²) in [6.07, 6.45) is 0.794. The lowest BCUT2D eigenvalue weighted by atomic mass is 9.91. The topological polar surface area (TPSA) is 74.3 Å². The van der Waals surface area contributed by atoms with Gasteiger partial charge in [0, 0.05) is 6.54 Å². The molecule has 3 aromatic rings. The van der Waals surface area contributed by atoms with Crippen LogP contribution in [0.4, 0.5) is 4.39 Å². The average Bonchev–Trinajstić information content (AvgIpc) is 2.91. The smallest absolute Gasteiger partial charge is 0.337 e. The summed E-state index contributed by atoms with van der Waals surface area (Å²) in [6.45, 7) is 0.688. The highest BCUT2D eigenvalue weighted by atomic mass is 19.1. The van der Waals surface area contributed by atoms with Crippen LogP contribution in [-0.4, -0.2) is 51.3 Å². The van der Waals surface area contributed by atoms with Crippen molar-refractivity contribution >= 4 is 11.9 Å². The molecule has 1 heterocycles. The molecular weight excluding hydrogens is 465 g/mol. The lowest BCUT2D eigenvalue weighted by molar-refractivity contribution is -0.134. The van der Waals surface area contributed by atoms with Crippen molar-refractivity contribution in [1.29, 1.82) is 0 Å². The van der Waals surface area contributed by atoms with Crippen LogP contribution in [0.3, 0.4) is 0 Å². The number of fused-ring (bicyclic) bond motifs is 1. The van der Waals surface area contributed by atoms with Crippen LogP contribution in [0.25, 0.3) is 0 Å². The number of carbonyl (C=O) groups excluding carboxylic acids is 2. The SMILES string of the molecule is COC(=O)c1ccc(OC[C@H]2c3cc(OC)c(OC)cc3CCN2C(=O)Cc2ccc(F)cc2)cc1. The number of hydrogen-bond acceptors (Lipinski definition) is 6. The van der Waals surface area contributed by atoms with Gasteiger partial charge in [-0.3, -0.25) is 4.79 Å². The minimum absolute atomic E-state index is 0.0864. The molecule has 36 heavy (non-hydrogen) atoms. The fraction of sp³-hybridized carbons (Fsp3) is 0.286. The molecule has 8 heteroatoms. The second-order valence-corrected chi connectivity index (χ2v) is 8.39. The standard InChI is InChI=1S/C28H28FNO6/c1-33-25-15-20-12-13-30(27(31)14-18-4-8-21(29)9-5-18)24(23(20)16-26(25)34-2)17-36-22-10-6-19(7-11-22)28(32)35-3/h4-11,15-16,24H,12-14,17H2,1-3H3/t24-/m0/s1. The second kappa shape index (κ2) is 11.1. The van der Waals surface area contributed by atoms with Crippen LogP contribution in [0.2, 0.25) is 0 Å². The Labute approximate surface area is 209 Å². The van der Waals surface area contributed by atoms with E-state index in [1.54, 1.807) is 55.5 Å². The predicted molar refractivity (Wildman–Crippen MR) is 131 cm³/mol. The normalized spacial score (nSPS) is 14.6. The van der Waals surface area contributed by atoms with Gasteiger partial charge in [0.2, 0.25) is 5.91 Å². The van der Waals surface area contributed by atoms with E-state index in [1.165, 1.54) is 19.2 Å². The Hall–Kier alpha value is -4.07. The summed E-state index contributed by atoms with van der Waals surface area (Å²) in [7, 11) is 4.48. The number of rotatable bonds is 8. The lowest BCUT2D eigenvalue weighted by Gasteiger charge is -2.37. The first kappa shape index (κ1) is 25.0. The van der Waals surface area contributed by atoms with Gasteiger partial charge in [-0.15, -0.1) is 0 Å². The van der Waals surface area contributed by atoms with Gasteiger partial charge < -0.3 is 23.8 Å². The largest absolute Gasteiger partial charge is 0.493 e. The van der Waals surface area contributed by atoms with Crippen LogP contribution < -0.4 is 14.2 Å². The molecule has 1 aliphatic rings. The minimum atomic E-state index is -0.429. The number of carbonyl (C=O) groups is 2. The number of ether oxygens (including phenoxy) is 4. The molecule has 0 fully saturated rings. The Morgan fingerprint density at radius 1 is 0.944 bits per heavy atom. The van der Waals surface area contributed by atoms with Crippen LogP contribution in [-0.2, 0) is 22.4 Å². The maximum atomic E-state index is 13.4. The minimum Gasteiger partial charge on any atom is -0.493 e. The molecule has 4 rings (SSSR count). The van der Waals surface area contributed by atoms with Gasteiger partial charge in [-0.05, 0) is 71.6 Å². The van der Waals surface area contributed by atoms with Crippen molar-refractivity contribution in [3.05, 3.63) is 88.7 Å². The zero-order valence-electron chi connectivity index (χ0n) is 20.5. The van der Waals surface area contributed by atoms with Crippen LogP contribution in [0.5, 0.6) is 17.2 Å². The Kier molecular flexibility index (Phi) is 7.73. The van der Waals surface area contributed by atoms with E-state index in [-0.39, 0.29) is 30.8 Å². The van der Waals surface area contributed by atoms with Crippen molar-refractivity contribution in [3.63, 3.8) is 0 Å². The molecule has 0 unspecified atom stereocenters. The van der Waals surface area contributed by atoms with E-state index >= 15 is 0 Å². The summed E-state index contributed by atoms with van der Waals surface area (Å²) >= 11 is 0. The molecule has 0 N–H and O–H groups in total. The highest BCUT2D eigenvalue weighted by Gasteiger charge is 2.33. The van der Waals surface area contributed by atoms with Crippen molar-refractivity contribution in [2.24, 2.45) is 0 Å². The van der Waals surface area contributed by atoms with Crippen molar-refractivity contribution in [2.45, 2.75) is 18.9 Å². The average molecular weight is 494 g/mol. The molecule has 0 aromatic heterocycles. The Morgan fingerprint density at radius 3 is 2.25 bits per heavy atom. The van der Waals surface area contributed by atoms with E-state index in [2.05, 4.69) is 0 Å². The third-order valence-electron chi connectivity index (χ3n) is 6.27. The fourth-order valence-electron chi connectivity index (χ4n) is 4.37. The molecule has 0 saturated carbocycles. The summed E-state index contributed by atoms with van der Waals surface area (Å²) in [6, 6.07) is 16.0. The first-order valence-corrected chi connectivity index (χ1v) is 11.5. The van der Waals surface area contributed by atoms with E-state index in [9.17, 15) is 14.0 Å². The Bertz CT molecular complexity index is 1230. The maximum Gasteiger partial charge on any atom is 0.337 e. The zero-order valence-corrected chi connectivity index (χ0v) is 20.5. The fourth-order valence-corrected chi connectivity index (χ4v) is 4.37. The molecule has 0 radical (unpaired) electrons. The molecule has 1 atom stereocenters. The molecular formula is C28H28FNO6. The van der Waals surface area contributed by atoms with Crippen molar-refractivity contribution in [1.82, 2.24) is 4.90 Å². The summed E-state index contributed by atoms with van der Waals surface area (Å²) < 4.78 is 35.1. The van der Waals surface area contributed by atoms with E-state index < -0.39 is 5.97 Å². The van der Waals surface area contributed by atoms with Crippen LogP contribution >= 0.6 is 0 Å². The highest BCUT2D eigenvalue weighted by Crippen LogP contribution is 2.38. The molecule has 188 valence electrons. The predicted octanol–water partition coefficient (Wildman–Crippen LogP) is 4.38. The quantitative estimate of drug-likeness (QED) is 0.434. The van der Waals surface area contributed by atoms with Gasteiger partial charge in [-0.25, -0.2) is 9.18 Å². The van der Waals surface area contributed by atoms with Gasteiger partial charge in [0.1, 0.15) is 18.2 Å². The van der Waals surface area contributed by atoms with Gasteiger partial charge in [0.05, 0.1) is 39.4 Å². The maximum absolute atomic E-state index is 13.4. The number of hydrogen-bond donors (Lipinski definition) is 0. The van der Waals surface area contributed by atoms with E-state index in [4.69, 9.17) is 18.9 Å². The first-order valence-electron chi connectivity index (χ1n) is 11.5. The van der Waals surface area contributed by atoms with E-state index in [0.29, 0.717) is 35.8 Å². The van der Waals surface area contributed by atoms with Gasteiger partial charge in [0.15, 0.2) is 11.5 Å². The third-order valence-corrected chi connectivity index (χ3v) is 6.27. The second-order valence-electron chi connectivity index (χ2n) is 8.39. The number of esters is 1. The van der Waals surface area contributed by atoms with Gasteiger partial charge in [-0.2, -0.15) is 0 Å². The summed E-state index contributed by atoms with van der Waals surface area (Å²) in [4.78, 5) is 26.9. The van der Waals surface area contributed by atoms with Crippen LogP contribution in [0, 0.1) is 5.82 Å². The number of amides is 1. The Morgan fingerprint density at radius 2 is 1.61 bits per heavy atom. The number of benzene rings is 3. The zero-order chi connectivity index (χ0) is 25.7. The molecule has 0 saturated heterocycles. The lowest BCUT2D eigenvalue weighted by Crippen LogP contribution is -2.43. The molecule has 0 aliphatic carbocycles. The number of halogens is 1. The first-order chi connectivity index (χ1) is 17.4. The van der Waals surface area contributed by atoms with E-state index in [1.807, 2.05) is 12.1 Å². The molecule has 7 nitrogen and oxygen atoms in total. The van der Waals surface area contributed by atoms with Crippen molar-refractivity contribution in [3.8, 4) is 17.2 Å². The van der Waals surface area contributed by atoms with Gasteiger partial charge in [-0.1, -0.05) is 12.1 Å². The molecule has 1 amide bonds. The Balaban J connectivity index is 1.61. The van der Waals surface area contributed by atoms with Crippen molar-refractivity contribution in [2.75, 3.05) is 34.5 Å². The van der Waals surface area contributed by atoms with Gasteiger partial charge in [0.25, 0.3) is 0 Å². The monoisotopic (exact) mass is 493 g/mol. The summed E-state index contributed by atoms with van der Waals surface area (Å²) in [5.41, 5.74) is 3.11. The number of nitrogens with zero attached hydrogens (tertiary/aromatic N) is 1. The molecule has 1 aliphatic heterocycles. The molecule has 0 bridgehead atoms. The van der Waals surface area contributed by atoms with Crippen LogP contribution in [0.15, 0.2) is 60.7 Å².